The quantitative estimate of drug-likeness (QED) is 0.0361. The normalized spacial score (nSPS) is 8.18. The Morgan fingerprint density at radius 2 is 1.18 bits per heavy atom. The van der Waals surface area contributed by atoms with Crippen LogP contribution in [0.2, 0.25) is 0 Å². The number of ketones is 1. The molecule has 0 amide bonds. The number of benzene rings is 2. The van der Waals surface area contributed by atoms with Crippen molar-refractivity contribution in [3.05, 3.63) is 85.2 Å². The first-order valence-electron chi connectivity index (χ1n) is 12.9. The summed E-state index contributed by atoms with van der Waals surface area (Å²) in [5.74, 6) is -1.48. The number of carbonyl (C=O) groups excluding carboxylic acids is 4. The number of ether oxygens (including phenoxy) is 3. The van der Waals surface area contributed by atoms with Crippen molar-refractivity contribution in [2.45, 2.75) is 55.4 Å². The monoisotopic (exact) mass is 638 g/mol. The van der Waals surface area contributed by atoms with Gasteiger partial charge in [-0.15, -0.1) is 6.58 Å². The first-order valence-corrected chi connectivity index (χ1v) is 12.9. The van der Waals surface area contributed by atoms with Crippen molar-refractivity contribution in [2.24, 2.45) is 0 Å². The highest BCUT2D eigenvalue weighted by Crippen LogP contribution is 2.17. The summed E-state index contributed by atoms with van der Waals surface area (Å²) in [5, 5.41) is 15.3. The first-order chi connectivity index (χ1) is 20.6. The Morgan fingerprint density at radius 3 is 1.44 bits per heavy atom. The van der Waals surface area contributed by atoms with Crippen LogP contribution in [-0.2, 0) is 48.0 Å². The molecule has 254 valence electrons. The summed E-state index contributed by atoms with van der Waals surface area (Å²) >= 11 is 0. The lowest BCUT2D eigenvalue weighted by Crippen LogP contribution is -2.09. The fraction of sp³-hybridized carbons (Fsp3) is 0.364. The number of carboxylic acids is 1. The Kier molecular flexibility index (Phi) is 41.5. The van der Waals surface area contributed by atoms with Crippen molar-refractivity contribution in [3.8, 4) is 11.1 Å². The number of carboxylic acid groups (broad SMARTS) is 1. The van der Waals surface area contributed by atoms with Gasteiger partial charge in [0.25, 0.3) is 12.4 Å². The molecule has 0 aliphatic carbocycles. The van der Waals surface area contributed by atoms with Gasteiger partial charge in [0.15, 0.2) is 12.6 Å². The van der Waals surface area contributed by atoms with Crippen LogP contribution < -0.4 is 0 Å². The zero-order valence-corrected chi connectivity index (χ0v) is 26.6. The highest BCUT2D eigenvalue weighted by Gasteiger charge is 2.03. The zero-order valence-electron chi connectivity index (χ0n) is 26.6. The molecule has 2 aromatic rings. The largest absolute Gasteiger partial charge is 0.481 e. The number of aliphatic hydroxyl groups is 1. The fourth-order valence-corrected chi connectivity index (χ4v) is 1.95. The lowest BCUT2D eigenvalue weighted by Gasteiger charge is -2.02. The molecule has 2 aromatic carbocycles. The number of aliphatic carboxylic acids is 1. The van der Waals surface area contributed by atoms with Crippen molar-refractivity contribution in [2.75, 3.05) is 27.1 Å². The minimum absolute atomic E-state index is 0. The van der Waals surface area contributed by atoms with Gasteiger partial charge in [0.2, 0.25) is 0 Å². The Hall–Kier alpha value is -4.65. The van der Waals surface area contributed by atoms with E-state index in [1.165, 1.54) is 37.7 Å². The van der Waals surface area contributed by atoms with E-state index in [4.69, 9.17) is 19.8 Å². The second-order valence-corrected chi connectivity index (χ2v) is 8.27. The third-order valence-corrected chi connectivity index (χ3v) is 3.27. The van der Waals surface area contributed by atoms with Gasteiger partial charge < -0.3 is 24.4 Å². The van der Waals surface area contributed by atoms with E-state index in [-0.39, 0.29) is 32.8 Å². The molecule has 45 heavy (non-hydrogen) atoms. The second-order valence-electron chi connectivity index (χ2n) is 8.27. The smallest absolute Gasteiger partial charge is 0.314 e. The van der Waals surface area contributed by atoms with Gasteiger partial charge in [0, 0.05) is 13.8 Å². The van der Waals surface area contributed by atoms with Crippen LogP contribution in [0.3, 0.4) is 0 Å². The molecular weight excluding hydrogens is 588 g/mol. The van der Waals surface area contributed by atoms with Crippen molar-refractivity contribution in [1.29, 1.82) is 0 Å². The molecule has 0 fully saturated rings. The van der Waals surface area contributed by atoms with E-state index in [9.17, 15) is 14.4 Å². The van der Waals surface area contributed by atoms with Crippen LogP contribution in [0.15, 0.2) is 85.2 Å². The van der Waals surface area contributed by atoms with E-state index in [0.29, 0.717) is 12.2 Å². The first kappa shape index (κ1) is 50.0. The molecule has 0 radical (unpaired) electrons. The molecule has 0 aliphatic heterocycles. The Balaban J connectivity index is -0.000000151. The molecule has 12 nitrogen and oxygen atoms in total. The average Bonchev–Trinajstić information content (AvgIpc) is 2.94. The zero-order chi connectivity index (χ0) is 34.8. The predicted molar refractivity (Wildman–Crippen MR) is 172 cm³/mol. The summed E-state index contributed by atoms with van der Waals surface area (Å²) in [6, 6.07) is 20.8. The summed E-state index contributed by atoms with van der Waals surface area (Å²) < 4.78 is 13.0. The molecule has 0 atom stereocenters. The highest BCUT2D eigenvalue weighted by atomic mass is 17.2. The fourth-order valence-electron chi connectivity index (χ4n) is 1.95. The van der Waals surface area contributed by atoms with Crippen LogP contribution in [0, 0.1) is 0 Å². The number of hydrogen-bond donors (Lipinski definition) is 2. The number of allylic oxidation sites excluding steroid dienone is 2. The molecule has 0 saturated heterocycles. The molecule has 0 saturated carbocycles. The molecule has 0 aliphatic rings. The summed E-state index contributed by atoms with van der Waals surface area (Å²) in [5.41, 5.74) is 3.72. The molecule has 0 spiro atoms. The van der Waals surface area contributed by atoms with Crippen molar-refractivity contribution >= 4 is 30.2 Å². The van der Waals surface area contributed by atoms with E-state index in [0.717, 1.165) is 6.92 Å². The standard InChI is InChI=1S/C12H10.C8H12O4.C4H8O4.C4H8.2C2H4O2.CH4/c1-3-7-11(8-4-1)12-9-5-2-6-10-12;1-6(2)12-8(10)4-5-11-7(3)9;1-4(6)2-7-8-3-5;1-4(2)3;1-4-2-3;1-2(3)4;/h1-10H;1,4-5H2,2-3H3;5H,2-3H2,1H3;1H2,2-3H3;2H,1H3;1H3,(H,3,4);1H4. The maximum Gasteiger partial charge on any atom is 0.314 e. The lowest BCUT2D eigenvalue weighted by atomic mass is 10.1. The molecule has 12 heteroatoms. The van der Waals surface area contributed by atoms with Crippen LogP contribution in [0.4, 0.5) is 0 Å². The molecule has 0 heterocycles. The van der Waals surface area contributed by atoms with E-state index >= 15 is 0 Å². The van der Waals surface area contributed by atoms with Gasteiger partial charge >= 0.3 is 11.9 Å². The van der Waals surface area contributed by atoms with Gasteiger partial charge in [-0.05, 0) is 38.8 Å². The Morgan fingerprint density at radius 1 is 0.800 bits per heavy atom. The molecule has 2 N–H and O–H groups in total. The van der Waals surface area contributed by atoms with E-state index in [1.807, 2.05) is 26.0 Å². The number of rotatable bonds is 10. The summed E-state index contributed by atoms with van der Waals surface area (Å²) in [7, 11) is 1.31. The van der Waals surface area contributed by atoms with Gasteiger partial charge in [0.1, 0.15) is 13.2 Å². The van der Waals surface area contributed by atoms with Gasteiger partial charge in [0.05, 0.1) is 19.3 Å². The molecule has 0 unspecified atom stereocenters. The van der Waals surface area contributed by atoms with Crippen molar-refractivity contribution in [1.82, 2.24) is 0 Å². The third-order valence-electron chi connectivity index (χ3n) is 3.27. The van der Waals surface area contributed by atoms with Crippen LogP contribution in [0.1, 0.15) is 55.4 Å². The number of methoxy groups -OCH3 is 1. The molecule has 2 rings (SSSR count). The SMILES string of the molecule is C.C=C(C)C.C=C(C)OC(=O)CCOC(C)=O.CC(=O)COOCO.CC(=O)O.COC=O.c1ccc(-c2ccccc2)cc1. The Bertz CT molecular complexity index is 994. The number of hydrogen-bond acceptors (Lipinski definition) is 11. The summed E-state index contributed by atoms with van der Waals surface area (Å²) in [4.78, 5) is 57.1. The van der Waals surface area contributed by atoms with E-state index in [2.05, 4.69) is 85.7 Å². The third kappa shape index (κ3) is 55.9. The van der Waals surface area contributed by atoms with Crippen LogP contribution in [0.25, 0.3) is 11.1 Å². The Labute approximate surface area is 267 Å². The summed E-state index contributed by atoms with van der Waals surface area (Å²) in [6.45, 7) is 16.0. The number of carbonyl (C=O) groups is 5. The van der Waals surface area contributed by atoms with Crippen molar-refractivity contribution < 1.29 is 58.2 Å². The topological polar surface area (TPSA) is 172 Å². The van der Waals surface area contributed by atoms with Crippen LogP contribution in [0.5, 0.6) is 0 Å². The molecule has 0 bridgehead atoms. The minimum Gasteiger partial charge on any atom is -0.481 e. The number of esters is 2. The van der Waals surface area contributed by atoms with E-state index in [1.54, 1.807) is 6.92 Å². The number of Topliss-reactive ketones (excluding diaryl/α,β-unsaturated/α-hetero) is 1. The van der Waals surface area contributed by atoms with Gasteiger partial charge in [-0.3, -0.25) is 24.0 Å². The second kappa shape index (κ2) is 37.4. The van der Waals surface area contributed by atoms with Gasteiger partial charge in [-0.25, -0.2) is 9.78 Å². The van der Waals surface area contributed by atoms with Crippen LogP contribution in [-0.4, -0.2) is 67.5 Å². The van der Waals surface area contributed by atoms with Gasteiger partial charge in [-0.2, -0.15) is 0 Å². The van der Waals surface area contributed by atoms with Crippen LogP contribution >= 0.6 is 0 Å². The maximum atomic E-state index is 10.8. The predicted octanol–water partition coefficient (Wildman–Crippen LogP) is 5.94. The number of aliphatic hydroxyl groups excluding tert-OH is 1. The summed E-state index contributed by atoms with van der Waals surface area (Å²) in [6.07, 6.45) is 0.0619. The van der Waals surface area contributed by atoms with Crippen molar-refractivity contribution in [3.63, 3.8) is 0 Å². The maximum absolute atomic E-state index is 10.8. The molecular formula is C33H50O12. The van der Waals surface area contributed by atoms with Gasteiger partial charge in [-0.1, -0.05) is 80.2 Å². The average molecular weight is 639 g/mol. The molecule has 0 aromatic heterocycles. The van der Waals surface area contributed by atoms with E-state index < -0.39 is 24.7 Å². The highest BCUT2D eigenvalue weighted by molar-refractivity contribution is 5.76. The minimum atomic E-state index is -0.833. The lowest BCUT2D eigenvalue weighted by molar-refractivity contribution is -0.322.